The minimum atomic E-state index is 0.213. The maximum atomic E-state index is 3.81. The summed E-state index contributed by atoms with van der Waals surface area (Å²) in [5.41, 5.74) is 5.44. The standard InChI is InChI=1S/C12H16.C10H12/c1-5-10-8-6-7-9-11(10)12(2,3)4;1-3-9-7-5-6-8-10(9)4-2/h5-9H,1H2,2-4H3;3,5-8H,1,4H2,2H3. The van der Waals surface area contributed by atoms with E-state index in [1.807, 2.05) is 24.3 Å². The second-order valence-corrected chi connectivity index (χ2v) is 6.30. The van der Waals surface area contributed by atoms with E-state index in [1.54, 1.807) is 0 Å². The number of aryl methyl sites for hydroxylation is 1. The van der Waals surface area contributed by atoms with Crippen LogP contribution in [0.25, 0.3) is 12.2 Å². The van der Waals surface area contributed by atoms with Crippen LogP contribution in [0.3, 0.4) is 0 Å². The first-order chi connectivity index (χ1) is 10.4. The smallest absolute Gasteiger partial charge is 0.0126 e. The van der Waals surface area contributed by atoms with E-state index in [0.717, 1.165) is 6.42 Å². The fourth-order valence-corrected chi connectivity index (χ4v) is 2.41. The van der Waals surface area contributed by atoms with Crippen LogP contribution in [0.15, 0.2) is 61.7 Å². The van der Waals surface area contributed by atoms with Crippen LogP contribution in [-0.2, 0) is 11.8 Å². The zero-order valence-electron chi connectivity index (χ0n) is 14.4. The van der Waals surface area contributed by atoms with Crippen molar-refractivity contribution < 1.29 is 0 Å². The van der Waals surface area contributed by atoms with Crippen LogP contribution in [0.4, 0.5) is 0 Å². The number of hydrogen-bond acceptors (Lipinski definition) is 0. The van der Waals surface area contributed by atoms with Crippen LogP contribution in [0.5, 0.6) is 0 Å². The van der Waals surface area contributed by atoms with Crippen LogP contribution < -0.4 is 0 Å². The third kappa shape index (κ3) is 5.04. The summed E-state index contributed by atoms with van der Waals surface area (Å²) in [6.07, 6.45) is 4.90. The van der Waals surface area contributed by atoms with Crippen molar-refractivity contribution in [2.45, 2.75) is 39.5 Å². The zero-order valence-corrected chi connectivity index (χ0v) is 14.4. The van der Waals surface area contributed by atoms with Gasteiger partial charge in [-0.1, -0.05) is 102 Å². The Bertz CT molecular complexity index is 612. The first-order valence-electron chi connectivity index (χ1n) is 7.86. The molecule has 2 aromatic carbocycles. The highest BCUT2D eigenvalue weighted by Crippen LogP contribution is 2.25. The Morgan fingerprint density at radius 1 is 0.818 bits per heavy atom. The zero-order chi connectivity index (χ0) is 16.6. The molecule has 116 valence electrons. The molecule has 0 spiro atoms. The molecule has 2 rings (SSSR count). The van der Waals surface area contributed by atoms with Crippen LogP contribution in [0.1, 0.15) is 49.9 Å². The molecular formula is C22H28. The van der Waals surface area contributed by atoms with Crippen molar-refractivity contribution in [1.29, 1.82) is 0 Å². The van der Waals surface area contributed by atoms with Crippen molar-refractivity contribution in [3.8, 4) is 0 Å². The maximum absolute atomic E-state index is 3.81. The van der Waals surface area contributed by atoms with E-state index in [1.165, 1.54) is 22.3 Å². The van der Waals surface area contributed by atoms with Crippen molar-refractivity contribution in [3.05, 3.63) is 83.9 Å². The van der Waals surface area contributed by atoms with Gasteiger partial charge in [-0.3, -0.25) is 0 Å². The summed E-state index contributed by atoms with van der Waals surface area (Å²) < 4.78 is 0. The maximum Gasteiger partial charge on any atom is -0.0126 e. The summed E-state index contributed by atoms with van der Waals surface area (Å²) in [6.45, 7) is 16.4. The summed E-state index contributed by atoms with van der Waals surface area (Å²) in [7, 11) is 0. The highest BCUT2D eigenvalue weighted by Gasteiger charge is 2.15. The van der Waals surface area contributed by atoms with Crippen molar-refractivity contribution in [3.63, 3.8) is 0 Å². The molecule has 0 unspecified atom stereocenters. The molecule has 0 nitrogen and oxygen atoms in total. The van der Waals surface area contributed by atoms with E-state index < -0.39 is 0 Å². The quantitative estimate of drug-likeness (QED) is 0.604. The van der Waals surface area contributed by atoms with Crippen molar-refractivity contribution in [2.24, 2.45) is 0 Å². The summed E-state index contributed by atoms with van der Waals surface area (Å²) in [5, 5.41) is 0. The minimum Gasteiger partial charge on any atom is -0.0985 e. The van der Waals surface area contributed by atoms with E-state index in [0.29, 0.717) is 0 Å². The molecule has 0 saturated heterocycles. The van der Waals surface area contributed by atoms with Gasteiger partial charge in [0, 0.05) is 0 Å². The molecule has 22 heavy (non-hydrogen) atoms. The van der Waals surface area contributed by atoms with Gasteiger partial charge in [-0.2, -0.15) is 0 Å². The van der Waals surface area contributed by atoms with E-state index in [9.17, 15) is 0 Å². The van der Waals surface area contributed by atoms with Crippen molar-refractivity contribution in [2.75, 3.05) is 0 Å². The van der Waals surface area contributed by atoms with Crippen LogP contribution in [0.2, 0.25) is 0 Å². The van der Waals surface area contributed by atoms with E-state index in [4.69, 9.17) is 0 Å². The Hall–Kier alpha value is -2.08. The lowest BCUT2D eigenvalue weighted by Gasteiger charge is -2.21. The molecule has 2 aromatic rings. The highest BCUT2D eigenvalue weighted by atomic mass is 14.2. The molecule has 0 aliphatic rings. The molecule has 0 bridgehead atoms. The van der Waals surface area contributed by atoms with Gasteiger partial charge in [0.15, 0.2) is 0 Å². The predicted octanol–water partition coefficient (Wildman–Crippen LogP) is 6.52. The van der Waals surface area contributed by atoms with Gasteiger partial charge in [0.2, 0.25) is 0 Å². The molecule has 0 aliphatic heterocycles. The highest BCUT2D eigenvalue weighted by molar-refractivity contribution is 5.53. The first kappa shape index (κ1) is 18.0. The van der Waals surface area contributed by atoms with Gasteiger partial charge in [-0.05, 0) is 34.1 Å². The monoisotopic (exact) mass is 292 g/mol. The summed E-state index contributed by atoms with van der Waals surface area (Å²) in [4.78, 5) is 0. The number of rotatable bonds is 3. The molecule has 0 fully saturated rings. The number of hydrogen-bond donors (Lipinski definition) is 0. The van der Waals surface area contributed by atoms with Crippen LogP contribution >= 0.6 is 0 Å². The Labute approximate surface area is 136 Å². The van der Waals surface area contributed by atoms with Gasteiger partial charge < -0.3 is 0 Å². The average Bonchev–Trinajstić information content (AvgIpc) is 2.54. The van der Waals surface area contributed by atoms with E-state index in [2.05, 4.69) is 77.3 Å². The predicted molar refractivity (Wildman–Crippen MR) is 101 cm³/mol. The number of benzene rings is 2. The SMILES string of the molecule is C=Cc1ccccc1C(C)(C)C.C=Cc1ccccc1CC. The third-order valence-electron chi connectivity index (χ3n) is 3.64. The van der Waals surface area contributed by atoms with Crippen LogP contribution in [-0.4, -0.2) is 0 Å². The fourth-order valence-electron chi connectivity index (χ4n) is 2.41. The molecule has 0 amide bonds. The van der Waals surface area contributed by atoms with Gasteiger partial charge in [0.05, 0.1) is 0 Å². The summed E-state index contributed by atoms with van der Waals surface area (Å²) in [5.74, 6) is 0. The molecule has 0 heterocycles. The third-order valence-corrected chi connectivity index (χ3v) is 3.64. The normalized spacial score (nSPS) is 10.4. The molecule has 0 atom stereocenters. The fraction of sp³-hybridized carbons (Fsp3) is 0.273. The van der Waals surface area contributed by atoms with Crippen molar-refractivity contribution >= 4 is 12.2 Å². The Morgan fingerprint density at radius 2 is 1.32 bits per heavy atom. The topological polar surface area (TPSA) is 0 Å². The minimum absolute atomic E-state index is 0.213. The lowest BCUT2D eigenvalue weighted by molar-refractivity contribution is 0.589. The van der Waals surface area contributed by atoms with E-state index >= 15 is 0 Å². The second-order valence-electron chi connectivity index (χ2n) is 6.30. The molecule has 0 N–H and O–H groups in total. The summed E-state index contributed by atoms with van der Waals surface area (Å²) in [6, 6.07) is 16.7. The molecule has 0 saturated carbocycles. The molecule has 0 radical (unpaired) electrons. The lowest BCUT2D eigenvalue weighted by atomic mass is 9.84. The molecule has 0 heteroatoms. The van der Waals surface area contributed by atoms with Gasteiger partial charge in [-0.15, -0.1) is 0 Å². The molecule has 0 aliphatic carbocycles. The van der Waals surface area contributed by atoms with Gasteiger partial charge >= 0.3 is 0 Å². The Morgan fingerprint density at radius 3 is 1.73 bits per heavy atom. The largest absolute Gasteiger partial charge is 0.0985 e. The second kappa shape index (κ2) is 8.38. The average molecular weight is 292 g/mol. The summed E-state index contributed by atoms with van der Waals surface area (Å²) >= 11 is 0. The van der Waals surface area contributed by atoms with Gasteiger partial charge in [-0.25, -0.2) is 0 Å². The van der Waals surface area contributed by atoms with Gasteiger partial charge in [0.1, 0.15) is 0 Å². The Kier molecular flexibility index (Phi) is 6.85. The van der Waals surface area contributed by atoms with Crippen molar-refractivity contribution in [1.82, 2.24) is 0 Å². The lowest BCUT2D eigenvalue weighted by Crippen LogP contribution is -2.12. The first-order valence-corrected chi connectivity index (χ1v) is 7.86. The Balaban J connectivity index is 0.000000224. The molecular weight excluding hydrogens is 264 g/mol. The van der Waals surface area contributed by atoms with E-state index in [-0.39, 0.29) is 5.41 Å². The van der Waals surface area contributed by atoms with Gasteiger partial charge in [0.25, 0.3) is 0 Å². The van der Waals surface area contributed by atoms with Crippen LogP contribution in [0, 0.1) is 0 Å². The molecule has 0 aromatic heterocycles.